The van der Waals surface area contributed by atoms with Crippen LogP contribution in [0, 0.1) is 5.92 Å². The molecule has 0 amide bonds. The molecule has 1 fully saturated rings. The Morgan fingerprint density at radius 2 is 2.25 bits per heavy atom. The molecule has 3 heterocycles. The monoisotopic (exact) mass is 322 g/mol. The molecule has 4 rings (SSSR count). The zero-order chi connectivity index (χ0) is 16.2. The van der Waals surface area contributed by atoms with Crippen molar-refractivity contribution in [3.05, 3.63) is 60.3 Å². The summed E-state index contributed by atoms with van der Waals surface area (Å²) < 4.78 is 5.82. The lowest BCUT2D eigenvalue weighted by Gasteiger charge is -2.23. The summed E-state index contributed by atoms with van der Waals surface area (Å²) in [7, 11) is 0. The molecule has 0 unspecified atom stereocenters. The molecule has 0 bridgehead atoms. The summed E-state index contributed by atoms with van der Waals surface area (Å²) in [6.07, 6.45) is 8.26. The van der Waals surface area contributed by atoms with Crippen molar-refractivity contribution < 1.29 is 4.74 Å². The van der Waals surface area contributed by atoms with Gasteiger partial charge in [-0.05, 0) is 24.1 Å². The van der Waals surface area contributed by atoms with E-state index in [1.165, 1.54) is 16.5 Å². The van der Waals surface area contributed by atoms with Gasteiger partial charge in [-0.1, -0.05) is 12.1 Å². The normalized spacial score (nSPS) is 19.4. The maximum atomic E-state index is 5.82. The average Bonchev–Trinajstić information content (AvgIpc) is 2.99. The van der Waals surface area contributed by atoms with Crippen molar-refractivity contribution in [2.75, 3.05) is 26.3 Å². The van der Waals surface area contributed by atoms with Gasteiger partial charge in [0.2, 0.25) is 0 Å². The van der Waals surface area contributed by atoms with Crippen molar-refractivity contribution in [2.45, 2.75) is 13.0 Å². The first kappa shape index (κ1) is 15.3. The number of nitrogens with zero attached hydrogens (tertiary/aromatic N) is 3. The van der Waals surface area contributed by atoms with Crippen LogP contribution in [-0.2, 0) is 17.7 Å². The highest BCUT2D eigenvalue weighted by Gasteiger charge is 2.20. The first-order valence-corrected chi connectivity index (χ1v) is 8.48. The number of aromatic nitrogens is 3. The Morgan fingerprint density at radius 3 is 3.17 bits per heavy atom. The first-order valence-electron chi connectivity index (χ1n) is 8.48. The second-order valence-corrected chi connectivity index (χ2v) is 6.43. The smallest absolute Gasteiger partial charge is 0.0593 e. The van der Waals surface area contributed by atoms with E-state index in [0.29, 0.717) is 5.92 Å². The summed E-state index contributed by atoms with van der Waals surface area (Å²) in [6, 6.07) is 8.64. The fourth-order valence-electron chi connectivity index (χ4n) is 3.48. The van der Waals surface area contributed by atoms with Crippen molar-refractivity contribution in [3.8, 4) is 0 Å². The van der Waals surface area contributed by atoms with Gasteiger partial charge in [0.1, 0.15) is 0 Å². The van der Waals surface area contributed by atoms with Crippen molar-refractivity contribution >= 4 is 10.9 Å². The van der Waals surface area contributed by atoms with E-state index in [9.17, 15) is 0 Å². The molecule has 0 aliphatic carbocycles. The second kappa shape index (κ2) is 7.11. The van der Waals surface area contributed by atoms with Gasteiger partial charge in [0.05, 0.1) is 18.9 Å². The van der Waals surface area contributed by atoms with Crippen LogP contribution in [0.3, 0.4) is 0 Å². The van der Waals surface area contributed by atoms with E-state index in [1.54, 1.807) is 12.4 Å². The summed E-state index contributed by atoms with van der Waals surface area (Å²) in [4.78, 5) is 14.4. The Morgan fingerprint density at radius 1 is 1.25 bits per heavy atom. The first-order chi connectivity index (χ1) is 11.9. The van der Waals surface area contributed by atoms with E-state index in [0.717, 1.165) is 45.0 Å². The number of hydrogen-bond acceptors (Lipinski definition) is 4. The van der Waals surface area contributed by atoms with E-state index in [4.69, 9.17) is 4.74 Å². The molecular formula is C19H22N4O. The van der Waals surface area contributed by atoms with E-state index in [1.807, 2.05) is 12.4 Å². The van der Waals surface area contributed by atoms with Gasteiger partial charge in [-0.25, -0.2) is 0 Å². The lowest BCUT2D eigenvalue weighted by atomic mass is 10.0. The summed E-state index contributed by atoms with van der Waals surface area (Å²) in [5, 5.41) is 1.31. The molecule has 0 saturated carbocycles. The summed E-state index contributed by atoms with van der Waals surface area (Å²) in [5.74, 6) is 0.453. The van der Waals surface area contributed by atoms with Crippen LogP contribution < -0.4 is 0 Å². The number of H-pyrrole nitrogens is 1. The molecule has 124 valence electrons. The number of rotatable bonds is 4. The van der Waals surface area contributed by atoms with E-state index in [-0.39, 0.29) is 0 Å². The Bertz CT molecular complexity index is 786. The molecule has 0 radical (unpaired) electrons. The van der Waals surface area contributed by atoms with E-state index in [2.05, 4.69) is 44.1 Å². The second-order valence-electron chi connectivity index (χ2n) is 6.43. The third-order valence-electron chi connectivity index (χ3n) is 4.62. The highest BCUT2D eigenvalue weighted by Crippen LogP contribution is 2.21. The lowest BCUT2D eigenvalue weighted by Crippen LogP contribution is -2.30. The van der Waals surface area contributed by atoms with Crippen LogP contribution in [-0.4, -0.2) is 46.2 Å². The molecule has 1 N–H and O–H groups in total. The molecule has 1 saturated heterocycles. The van der Waals surface area contributed by atoms with Gasteiger partial charge < -0.3 is 9.72 Å². The minimum Gasteiger partial charge on any atom is -0.380 e. The van der Waals surface area contributed by atoms with Crippen molar-refractivity contribution in [1.29, 1.82) is 0 Å². The van der Waals surface area contributed by atoms with Crippen LogP contribution in [0.4, 0.5) is 0 Å². The largest absolute Gasteiger partial charge is 0.380 e. The predicted octanol–water partition coefficient (Wildman–Crippen LogP) is 2.65. The van der Waals surface area contributed by atoms with E-state index < -0.39 is 0 Å². The fraction of sp³-hybridized carbons (Fsp3) is 0.368. The highest BCUT2D eigenvalue weighted by atomic mass is 16.5. The van der Waals surface area contributed by atoms with Crippen molar-refractivity contribution in [3.63, 3.8) is 0 Å². The maximum Gasteiger partial charge on any atom is 0.0593 e. The molecule has 5 nitrogen and oxygen atoms in total. The van der Waals surface area contributed by atoms with Gasteiger partial charge in [-0.2, -0.15) is 0 Å². The van der Waals surface area contributed by atoms with Crippen molar-refractivity contribution in [2.24, 2.45) is 5.92 Å². The molecule has 1 aliphatic rings. The third kappa shape index (κ3) is 3.47. The topological polar surface area (TPSA) is 54.0 Å². The van der Waals surface area contributed by atoms with Crippen LogP contribution in [0.15, 0.2) is 49.1 Å². The SMILES string of the molecule is c1cc(CN2CCOC[C@@H](Cc3cnccn3)C2)c2cc[nH]c2c1. The van der Waals surface area contributed by atoms with Gasteiger partial charge in [0, 0.05) is 61.2 Å². The Labute approximate surface area is 141 Å². The van der Waals surface area contributed by atoms with Crippen LogP contribution in [0.5, 0.6) is 0 Å². The van der Waals surface area contributed by atoms with Crippen LogP contribution in [0.25, 0.3) is 10.9 Å². The molecule has 1 aromatic carbocycles. The van der Waals surface area contributed by atoms with Crippen LogP contribution in [0.2, 0.25) is 0 Å². The summed E-state index contributed by atoms with van der Waals surface area (Å²) in [5.41, 5.74) is 3.62. The van der Waals surface area contributed by atoms with Gasteiger partial charge >= 0.3 is 0 Å². The number of nitrogens with one attached hydrogen (secondary N) is 1. The van der Waals surface area contributed by atoms with Crippen LogP contribution >= 0.6 is 0 Å². The van der Waals surface area contributed by atoms with Crippen molar-refractivity contribution in [1.82, 2.24) is 19.9 Å². The number of ether oxygens (including phenoxy) is 1. The fourth-order valence-corrected chi connectivity index (χ4v) is 3.48. The van der Waals surface area contributed by atoms with E-state index >= 15 is 0 Å². The molecule has 2 aromatic heterocycles. The molecule has 1 atom stereocenters. The maximum absolute atomic E-state index is 5.82. The molecule has 0 spiro atoms. The quantitative estimate of drug-likeness (QED) is 0.802. The zero-order valence-electron chi connectivity index (χ0n) is 13.7. The minimum atomic E-state index is 0.453. The van der Waals surface area contributed by atoms with Gasteiger partial charge in [0.15, 0.2) is 0 Å². The van der Waals surface area contributed by atoms with Gasteiger partial charge in [0.25, 0.3) is 0 Å². The lowest BCUT2D eigenvalue weighted by molar-refractivity contribution is 0.121. The number of benzene rings is 1. The predicted molar refractivity (Wildman–Crippen MR) is 93.6 cm³/mol. The van der Waals surface area contributed by atoms with Gasteiger partial charge in [-0.3, -0.25) is 14.9 Å². The Balaban J connectivity index is 1.47. The summed E-state index contributed by atoms with van der Waals surface area (Å²) in [6.45, 7) is 4.53. The highest BCUT2D eigenvalue weighted by molar-refractivity contribution is 5.82. The number of aromatic amines is 1. The zero-order valence-corrected chi connectivity index (χ0v) is 13.7. The summed E-state index contributed by atoms with van der Waals surface area (Å²) >= 11 is 0. The molecule has 24 heavy (non-hydrogen) atoms. The standard InChI is InChI=1S/C19H22N4O/c1-2-16(18-4-5-22-19(18)3-1)13-23-8-9-24-14-15(12-23)10-17-11-20-6-7-21-17/h1-7,11,15,22H,8-10,12-14H2/t15-/m0/s1. The number of fused-ring (bicyclic) bond motifs is 1. The molecule has 1 aliphatic heterocycles. The third-order valence-corrected chi connectivity index (χ3v) is 4.62. The molecular weight excluding hydrogens is 300 g/mol. The molecule has 5 heteroatoms. The molecule has 3 aromatic rings. The Kier molecular flexibility index (Phi) is 4.53. The Hall–Kier alpha value is -2.24. The average molecular weight is 322 g/mol. The number of hydrogen-bond donors (Lipinski definition) is 1. The van der Waals surface area contributed by atoms with Gasteiger partial charge in [-0.15, -0.1) is 0 Å². The van der Waals surface area contributed by atoms with Crippen LogP contribution in [0.1, 0.15) is 11.3 Å². The minimum absolute atomic E-state index is 0.453.